The van der Waals surface area contributed by atoms with Gasteiger partial charge in [0.05, 0.1) is 11.9 Å². The number of aromatic nitrogens is 2. The average molecular weight is 249 g/mol. The zero-order chi connectivity index (χ0) is 12.8. The summed E-state index contributed by atoms with van der Waals surface area (Å²) in [5, 5.41) is 9.45. The number of anilines is 1. The summed E-state index contributed by atoms with van der Waals surface area (Å²) in [6.07, 6.45) is 11.8. The van der Waals surface area contributed by atoms with Gasteiger partial charge in [-0.1, -0.05) is 26.2 Å². The number of nitrogens with zero attached hydrogens (tertiary/aromatic N) is 1. The second kappa shape index (κ2) is 6.57. The lowest BCUT2D eigenvalue weighted by Crippen LogP contribution is -2.27. The molecule has 0 atom stereocenters. The van der Waals surface area contributed by atoms with E-state index >= 15 is 0 Å². The number of carbonyl (C=O) groups excluding carboxylic acids is 1. The molecule has 1 amide bonds. The van der Waals surface area contributed by atoms with Crippen LogP contribution >= 0.6 is 0 Å². The average Bonchev–Trinajstić information content (AvgIpc) is 2.89. The molecule has 1 aliphatic rings. The Morgan fingerprint density at radius 1 is 1.44 bits per heavy atom. The highest BCUT2D eigenvalue weighted by Gasteiger charge is 2.25. The molecule has 0 unspecified atom stereocenters. The first kappa shape index (κ1) is 13.1. The lowest BCUT2D eigenvalue weighted by molar-refractivity contribution is -0.121. The van der Waals surface area contributed by atoms with E-state index in [1.807, 2.05) is 0 Å². The Labute approximate surface area is 109 Å². The fourth-order valence-corrected chi connectivity index (χ4v) is 2.77. The van der Waals surface area contributed by atoms with Crippen molar-refractivity contribution in [3.05, 3.63) is 12.4 Å². The van der Waals surface area contributed by atoms with Gasteiger partial charge in [-0.2, -0.15) is 5.10 Å². The highest BCUT2D eigenvalue weighted by molar-refractivity contribution is 5.92. The first-order valence-electron chi connectivity index (χ1n) is 7.09. The molecule has 0 bridgehead atoms. The number of nitrogens with one attached hydrogen (secondary N) is 2. The van der Waals surface area contributed by atoms with Crippen molar-refractivity contribution in [3.8, 4) is 0 Å². The Morgan fingerprint density at radius 2 is 2.22 bits per heavy atom. The summed E-state index contributed by atoms with van der Waals surface area (Å²) < 4.78 is 0. The Kier molecular flexibility index (Phi) is 4.79. The Hall–Kier alpha value is -1.32. The summed E-state index contributed by atoms with van der Waals surface area (Å²) in [5.41, 5.74) is 0.771. The van der Waals surface area contributed by atoms with Crippen LogP contribution in [0, 0.1) is 11.8 Å². The van der Waals surface area contributed by atoms with Gasteiger partial charge in [-0.15, -0.1) is 0 Å². The summed E-state index contributed by atoms with van der Waals surface area (Å²) in [4.78, 5) is 12.0. The highest BCUT2D eigenvalue weighted by atomic mass is 16.1. The summed E-state index contributed by atoms with van der Waals surface area (Å²) in [6.45, 7) is 2.24. The standard InChI is InChI=1S/C14H23N3O/c1-2-3-4-11-5-7-12(8-6-11)14(18)17-13-9-15-16-10-13/h9-12H,2-8H2,1H3,(H,15,16)(H,17,18). The number of aromatic amines is 1. The number of unbranched alkanes of at least 4 members (excludes halogenated alkanes) is 1. The van der Waals surface area contributed by atoms with Gasteiger partial charge in [0.25, 0.3) is 0 Å². The largest absolute Gasteiger partial charge is 0.323 e. The molecule has 100 valence electrons. The fourth-order valence-electron chi connectivity index (χ4n) is 2.77. The number of carbonyl (C=O) groups is 1. The predicted molar refractivity (Wildman–Crippen MR) is 72.2 cm³/mol. The minimum Gasteiger partial charge on any atom is -0.323 e. The van der Waals surface area contributed by atoms with Crippen molar-refractivity contribution in [3.63, 3.8) is 0 Å². The Balaban J connectivity index is 1.73. The van der Waals surface area contributed by atoms with E-state index in [1.54, 1.807) is 12.4 Å². The molecular weight excluding hydrogens is 226 g/mol. The molecule has 1 saturated carbocycles. The zero-order valence-corrected chi connectivity index (χ0v) is 11.1. The van der Waals surface area contributed by atoms with Crippen molar-refractivity contribution in [2.75, 3.05) is 5.32 Å². The van der Waals surface area contributed by atoms with Crippen LogP contribution in [0.1, 0.15) is 51.9 Å². The number of amides is 1. The van der Waals surface area contributed by atoms with Crippen LogP contribution in [-0.2, 0) is 4.79 Å². The van der Waals surface area contributed by atoms with Crippen molar-refractivity contribution >= 4 is 11.6 Å². The monoisotopic (exact) mass is 249 g/mol. The fraction of sp³-hybridized carbons (Fsp3) is 0.714. The van der Waals surface area contributed by atoms with Crippen LogP contribution in [0.3, 0.4) is 0 Å². The van der Waals surface area contributed by atoms with E-state index in [2.05, 4.69) is 22.4 Å². The molecule has 1 aromatic rings. The molecule has 0 aliphatic heterocycles. The summed E-state index contributed by atoms with van der Waals surface area (Å²) in [7, 11) is 0. The first-order chi connectivity index (χ1) is 8.79. The Morgan fingerprint density at radius 3 is 2.83 bits per heavy atom. The van der Waals surface area contributed by atoms with Crippen molar-refractivity contribution in [1.29, 1.82) is 0 Å². The maximum Gasteiger partial charge on any atom is 0.227 e. The third kappa shape index (κ3) is 3.59. The van der Waals surface area contributed by atoms with Crippen molar-refractivity contribution < 1.29 is 4.79 Å². The second-order valence-electron chi connectivity index (χ2n) is 5.34. The van der Waals surface area contributed by atoms with E-state index in [9.17, 15) is 4.79 Å². The van der Waals surface area contributed by atoms with E-state index in [4.69, 9.17) is 0 Å². The maximum atomic E-state index is 12.0. The summed E-state index contributed by atoms with van der Waals surface area (Å²) in [5.74, 6) is 1.20. The molecule has 4 nitrogen and oxygen atoms in total. The van der Waals surface area contributed by atoms with Crippen molar-refractivity contribution in [2.45, 2.75) is 51.9 Å². The van der Waals surface area contributed by atoms with Gasteiger partial charge in [-0.3, -0.25) is 9.89 Å². The zero-order valence-electron chi connectivity index (χ0n) is 11.1. The number of H-pyrrole nitrogens is 1. The van der Waals surface area contributed by atoms with E-state index in [0.29, 0.717) is 0 Å². The smallest absolute Gasteiger partial charge is 0.227 e. The minimum absolute atomic E-state index is 0.158. The minimum atomic E-state index is 0.158. The van der Waals surface area contributed by atoms with E-state index in [1.165, 1.54) is 32.1 Å². The topological polar surface area (TPSA) is 57.8 Å². The van der Waals surface area contributed by atoms with Gasteiger partial charge in [0.1, 0.15) is 0 Å². The van der Waals surface area contributed by atoms with Gasteiger partial charge < -0.3 is 5.32 Å². The number of rotatable bonds is 5. The molecule has 0 saturated heterocycles. The van der Waals surface area contributed by atoms with Crippen LogP contribution in [0.2, 0.25) is 0 Å². The van der Waals surface area contributed by atoms with Gasteiger partial charge in [-0.25, -0.2) is 0 Å². The normalized spacial score (nSPS) is 23.8. The molecule has 0 spiro atoms. The molecular formula is C14H23N3O. The van der Waals surface area contributed by atoms with Gasteiger partial charge >= 0.3 is 0 Å². The molecule has 0 aromatic carbocycles. The van der Waals surface area contributed by atoms with Gasteiger partial charge in [0.2, 0.25) is 5.91 Å². The third-order valence-electron chi connectivity index (χ3n) is 3.95. The van der Waals surface area contributed by atoms with Crippen LogP contribution in [0.4, 0.5) is 5.69 Å². The van der Waals surface area contributed by atoms with Crippen LogP contribution in [0.5, 0.6) is 0 Å². The lowest BCUT2D eigenvalue weighted by atomic mass is 9.79. The molecule has 18 heavy (non-hydrogen) atoms. The SMILES string of the molecule is CCCCC1CCC(C(=O)Nc2cn[nH]c2)CC1. The van der Waals surface area contributed by atoms with Crippen molar-refractivity contribution in [2.24, 2.45) is 11.8 Å². The Bertz CT molecular complexity index is 353. The molecule has 1 aromatic heterocycles. The molecule has 1 heterocycles. The van der Waals surface area contributed by atoms with Crippen LogP contribution < -0.4 is 5.32 Å². The van der Waals surface area contributed by atoms with Crippen molar-refractivity contribution in [1.82, 2.24) is 10.2 Å². The first-order valence-corrected chi connectivity index (χ1v) is 7.09. The van der Waals surface area contributed by atoms with Crippen LogP contribution in [0.15, 0.2) is 12.4 Å². The van der Waals surface area contributed by atoms with Crippen LogP contribution in [0.25, 0.3) is 0 Å². The maximum absolute atomic E-state index is 12.0. The van der Waals surface area contributed by atoms with Gasteiger partial charge in [0, 0.05) is 12.1 Å². The molecule has 2 N–H and O–H groups in total. The number of hydrogen-bond acceptors (Lipinski definition) is 2. The second-order valence-corrected chi connectivity index (χ2v) is 5.34. The predicted octanol–water partition coefficient (Wildman–Crippen LogP) is 3.34. The molecule has 0 radical (unpaired) electrons. The van der Waals surface area contributed by atoms with E-state index < -0.39 is 0 Å². The molecule has 2 rings (SSSR count). The summed E-state index contributed by atoms with van der Waals surface area (Å²) >= 11 is 0. The van der Waals surface area contributed by atoms with E-state index in [-0.39, 0.29) is 11.8 Å². The van der Waals surface area contributed by atoms with Gasteiger partial charge in [-0.05, 0) is 31.6 Å². The molecule has 4 heteroatoms. The van der Waals surface area contributed by atoms with Crippen LogP contribution in [-0.4, -0.2) is 16.1 Å². The molecule has 1 aliphatic carbocycles. The lowest BCUT2D eigenvalue weighted by Gasteiger charge is -2.27. The van der Waals surface area contributed by atoms with E-state index in [0.717, 1.165) is 24.4 Å². The highest BCUT2D eigenvalue weighted by Crippen LogP contribution is 2.32. The molecule has 1 fully saturated rings. The third-order valence-corrected chi connectivity index (χ3v) is 3.95. The van der Waals surface area contributed by atoms with Gasteiger partial charge in [0.15, 0.2) is 0 Å². The quantitative estimate of drug-likeness (QED) is 0.840. The number of hydrogen-bond donors (Lipinski definition) is 2. The summed E-state index contributed by atoms with van der Waals surface area (Å²) in [6, 6.07) is 0.